The van der Waals surface area contributed by atoms with Crippen LogP contribution in [-0.4, -0.2) is 24.8 Å². The van der Waals surface area contributed by atoms with E-state index < -0.39 is 0 Å². The molecule has 2 rings (SSSR count). The molecule has 4 nitrogen and oxygen atoms in total. The largest absolute Gasteiger partial charge is 0.324 e. The molecular formula is C13H16N2O2. The van der Waals surface area contributed by atoms with E-state index in [4.69, 9.17) is 5.73 Å². The molecule has 2 N–H and O–H groups in total. The molecule has 0 atom stereocenters. The summed E-state index contributed by atoms with van der Waals surface area (Å²) in [6.07, 6.45) is 1.92. The number of amides is 1. The minimum absolute atomic E-state index is 0.00113. The van der Waals surface area contributed by atoms with E-state index in [1.165, 1.54) is 0 Å². The van der Waals surface area contributed by atoms with Crippen LogP contribution in [0, 0.1) is 0 Å². The second-order valence-corrected chi connectivity index (χ2v) is 4.25. The molecule has 1 aromatic rings. The zero-order valence-electron chi connectivity index (χ0n) is 9.90. The van der Waals surface area contributed by atoms with Gasteiger partial charge in [-0.2, -0.15) is 0 Å². The van der Waals surface area contributed by atoms with Gasteiger partial charge < -0.3 is 10.6 Å². The number of hydrogen-bond donors (Lipinski definition) is 1. The standard InChI is InChI=1S/C13H16N2O2/c1-9(16)15-6-2-3-10-4-5-11(7-12(10)15)13(17)8-14/h4-5,7H,2-3,6,8,14H2,1H3. The summed E-state index contributed by atoms with van der Waals surface area (Å²) in [7, 11) is 0. The first-order valence-electron chi connectivity index (χ1n) is 5.78. The van der Waals surface area contributed by atoms with E-state index >= 15 is 0 Å². The average molecular weight is 232 g/mol. The van der Waals surface area contributed by atoms with E-state index in [1.807, 2.05) is 6.07 Å². The number of carbonyl (C=O) groups excluding carboxylic acids is 2. The van der Waals surface area contributed by atoms with E-state index in [0.717, 1.165) is 30.6 Å². The molecule has 1 amide bonds. The van der Waals surface area contributed by atoms with Crippen LogP contribution in [0.2, 0.25) is 0 Å². The molecule has 0 unspecified atom stereocenters. The average Bonchev–Trinajstić information content (AvgIpc) is 2.36. The maximum atomic E-state index is 11.5. The van der Waals surface area contributed by atoms with Gasteiger partial charge in [-0.25, -0.2) is 0 Å². The Labute approximate surface area is 100 Å². The van der Waals surface area contributed by atoms with Crippen molar-refractivity contribution in [3.8, 4) is 0 Å². The number of Topliss-reactive ketones (excluding diaryl/α,β-unsaturated/α-hetero) is 1. The van der Waals surface area contributed by atoms with E-state index in [0.29, 0.717) is 5.56 Å². The Balaban J connectivity index is 2.44. The van der Waals surface area contributed by atoms with Crippen molar-refractivity contribution in [3.63, 3.8) is 0 Å². The van der Waals surface area contributed by atoms with Crippen LogP contribution in [0.25, 0.3) is 0 Å². The molecule has 0 saturated heterocycles. The fraction of sp³-hybridized carbons (Fsp3) is 0.385. The van der Waals surface area contributed by atoms with E-state index in [2.05, 4.69) is 0 Å². The molecule has 1 heterocycles. The maximum Gasteiger partial charge on any atom is 0.223 e. The predicted molar refractivity (Wildman–Crippen MR) is 66.2 cm³/mol. The summed E-state index contributed by atoms with van der Waals surface area (Å²) in [5.41, 5.74) is 7.92. The van der Waals surface area contributed by atoms with Gasteiger partial charge in [0.1, 0.15) is 0 Å². The zero-order chi connectivity index (χ0) is 12.4. The number of anilines is 1. The van der Waals surface area contributed by atoms with E-state index in [-0.39, 0.29) is 18.2 Å². The van der Waals surface area contributed by atoms with Crippen molar-refractivity contribution < 1.29 is 9.59 Å². The minimum atomic E-state index is -0.0955. The molecule has 0 radical (unpaired) electrons. The second kappa shape index (κ2) is 4.67. The highest BCUT2D eigenvalue weighted by molar-refractivity contribution is 6.00. The molecule has 4 heteroatoms. The summed E-state index contributed by atoms with van der Waals surface area (Å²) in [5, 5.41) is 0. The predicted octanol–water partition coefficient (Wildman–Crippen LogP) is 1.13. The van der Waals surface area contributed by atoms with Gasteiger partial charge >= 0.3 is 0 Å². The fourth-order valence-corrected chi connectivity index (χ4v) is 2.19. The highest BCUT2D eigenvalue weighted by Gasteiger charge is 2.20. The SMILES string of the molecule is CC(=O)N1CCCc2ccc(C(=O)CN)cc21. The Hall–Kier alpha value is -1.68. The van der Waals surface area contributed by atoms with Crippen LogP contribution in [0.5, 0.6) is 0 Å². The third-order valence-electron chi connectivity index (χ3n) is 3.09. The van der Waals surface area contributed by atoms with Crippen molar-refractivity contribution in [2.75, 3.05) is 18.0 Å². The van der Waals surface area contributed by atoms with Crippen molar-refractivity contribution in [2.45, 2.75) is 19.8 Å². The smallest absolute Gasteiger partial charge is 0.223 e. The number of ketones is 1. The van der Waals surface area contributed by atoms with Crippen LogP contribution >= 0.6 is 0 Å². The van der Waals surface area contributed by atoms with Crippen molar-refractivity contribution in [1.29, 1.82) is 0 Å². The second-order valence-electron chi connectivity index (χ2n) is 4.25. The summed E-state index contributed by atoms with van der Waals surface area (Å²) in [4.78, 5) is 24.8. The van der Waals surface area contributed by atoms with Crippen LogP contribution in [-0.2, 0) is 11.2 Å². The van der Waals surface area contributed by atoms with Crippen molar-refractivity contribution in [3.05, 3.63) is 29.3 Å². The summed E-state index contributed by atoms with van der Waals surface area (Å²) < 4.78 is 0. The lowest BCUT2D eigenvalue weighted by atomic mass is 9.98. The van der Waals surface area contributed by atoms with Gasteiger partial charge in [-0.3, -0.25) is 9.59 Å². The Bertz CT molecular complexity index is 468. The Morgan fingerprint density at radius 1 is 1.41 bits per heavy atom. The molecule has 0 saturated carbocycles. The molecule has 1 aromatic carbocycles. The van der Waals surface area contributed by atoms with Gasteiger partial charge in [0.2, 0.25) is 5.91 Å². The molecule has 0 bridgehead atoms. The Kier molecular flexibility index (Phi) is 3.24. The first-order chi connectivity index (χ1) is 8.13. The summed E-state index contributed by atoms with van der Waals surface area (Å²) >= 11 is 0. The summed E-state index contributed by atoms with van der Waals surface area (Å²) in [6, 6.07) is 5.50. The zero-order valence-corrected chi connectivity index (χ0v) is 9.90. The molecule has 0 aliphatic carbocycles. The molecule has 0 spiro atoms. The van der Waals surface area contributed by atoms with Gasteiger partial charge in [0.25, 0.3) is 0 Å². The number of nitrogens with two attached hydrogens (primary N) is 1. The minimum Gasteiger partial charge on any atom is -0.324 e. The number of carbonyl (C=O) groups is 2. The van der Waals surface area contributed by atoms with Gasteiger partial charge in [-0.1, -0.05) is 12.1 Å². The number of fused-ring (bicyclic) bond motifs is 1. The summed E-state index contributed by atoms with van der Waals surface area (Å²) in [6.45, 7) is 2.27. The van der Waals surface area contributed by atoms with Gasteiger partial charge in [0, 0.05) is 24.7 Å². The van der Waals surface area contributed by atoms with Crippen LogP contribution in [0.1, 0.15) is 29.3 Å². The number of nitrogens with zero attached hydrogens (tertiary/aromatic N) is 1. The lowest BCUT2D eigenvalue weighted by Gasteiger charge is -2.28. The molecule has 17 heavy (non-hydrogen) atoms. The summed E-state index contributed by atoms with van der Waals surface area (Å²) in [5.74, 6) is -0.0785. The first kappa shape index (κ1) is 11.8. The first-order valence-corrected chi connectivity index (χ1v) is 5.78. The van der Waals surface area contributed by atoms with Crippen molar-refractivity contribution in [1.82, 2.24) is 0 Å². The van der Waals surface area contributed by atoms with Crippen molar-refractivity contribution in [2.24, 2.45) is 5.73 Å². The normalized spacial score (nSPS) is 14.4. The third kappa shape index (κ3) is 2.22. The molecule has 0 fully saturated rings. The highest BCUT2D eigenvalue weighted by Crippen LogP contribution is 2.28. The molecule has 1 aliphatic heterocycles. The lowest BCUT2D eigenvalue weighted by molar-refractivity contribution is -0.116. The number of rotatable bonds is 2. The highest BCUT2D eigenvalue weighted by atomic mass is 16.2. The van der Waals surface area contributed by atoms with Crippen LogP contribution in [0.3, 0.4) is 0 Å². The van der Waals surface area contributed by atoms with E-state index in [9.17, 15) is 9.59 Å². The van der Waals surface area contributed by atoms with Gasteiger partial charge in [-0.05, 0) is 24.5 Å². The number of aryl methyl sites for hydroxylation is 1. The van der Waals surface area contributed by atoms with Gasteiger partial charge in [-0.15, -0.1) is 0 Å². The molecule has 1 aliphatic rings. The number of hydrogen-bond acceptors (Lipinski definition) is 3. The maximum absolute atomic E-state index is 11.5. The van der Waals surface area contributed by atoms with E-state index in [1.54, 1.807) is 24.0 Å². The monoisotopic (exact) mass is 232 g/mol. The van der Waals surface area contributed by atoms with Crippen LogP contribution < -0.4 is 10.6 Å². The van der Waals surface area contributed by atoms with Crippen LogP contribution in [0.15, 0.2) is 18.2 Å². The van der Waals surface area contributed by atoms with Gasteiger partial charge in [0.05, 0.1) is 6.54 Å². The fourth-order valence-electron chi connectivity index (χ4n) is 2.19. The molecule has 0 aromatic heterocycles. The molecule has 90 valence electrons. The topological polar surface area (TPSA) is 63.4 Å². The number of benzene rings is 1. The van der Waals surface area contributed by atoms with Gasteiger partial charge in [0.15, 0.2) is 5.78 Å². The van der Waals surface area contributed by atoms with Crippen LogP contribution in [0.4, 0.5) is 5.69 Å². The van der Waals surface area contributed by atoms with Crippen molar-refractivity contribution >= 4 is 17.4 Å². The third-order valence-corrected chi connectivity index (χ3v) is 3.09. The Morgan fingerprint density at radius 3 is 2.82 bits per heavy atom. The molecular weight excluding hydrogens is 216 g/mol. The lowest BCUT2D eigenvalue weighted by Crippen LogP contribution is -2.33. The Morgan fingerprint density at radius 2 is 2.18 bits per heavy atom. The quantitative estimate of drug-likeness (QED) is 0.777.